The van der Waals surface area contributed by atoms with Crippen molar-refractivity contribution in [1.29, 1.82) is 0 Å². The second-order valence-electron chi connectivity index (χ2n) is 5.50. The van der Waals surface area contributed by atoms with Crippen LogP contribution in [0, 0.1) is 0 Å². The van der Waals surface area contributed by atoms with Crippen LogP contribution in [-0.4, -0.2) is 24.5 Å². The predicted octanol–water partition coefficient (Wildman–Crippen LogP) is 4.40. The summed E-state index contributed by atoms with van der Waals surface area (Å²) in [7, 11) is 0. The molecule has 8 heteroatoms. The van der Waals surface area contributed by atoms with E-state index in [1.807, 2.05) is 0 Å². The Hall–Kier alpha value is -1.95. The Labute approximate surface area is 159 Å². The lowest BCUT2D eigenvalue weighted by molar-refractivity contribution is -0.127. The van der Waals surface area contributed by atoms with E-state index in [1.54, 1.807) is 43.3 Å². The predicted molar refractivity (Wildman–Crippen MR) is 99.0 cm³/mol. The molecule has 0 bridgehead atoms. The number of rotatable bonds is 3. The summed E-state index contributed by atoms with van der Waals surface area (Å²) >= 11 is 17.8. The van der Waals surface area contributed by atoms with Gasteiger partial charge in [-0.1, -0.05) is 34.8 Å². The van der Waals surface area contributed by atoms with E-state index in [-0.39, 0.29) is 12.5 Å². The zero-order chi connectivity index (χ0) is 18.1. The lowest BCUT2D eigenvalue weighted by atomic mass is 10.2. The van der Waals surface area contributed by atoms with Crippen LogP contribution in [0.2, 0.25) is 15.1 Å². The molecule has 0 saturated carbocycles. The molecule has 0 spiro atoms. The molecule has 2 aromatic carbocycles. The van der Waals surface area contributed by atoms with Crippen LogP contribution >= 0.6 is 34.8 Å². The van der Waals surface area contributed by atoms with Gasteiger partial charge in [0.25, 0.3) is 5.91 Å². The van der Waals surface area contributed by atoms with Crippen LogP contribution in [0.1, 0.15) is 6.92 Å². The maximum Gasteiger partial charge on any atom is 0.268 e. The quantitative estimate of drug-likeness (QED) is 0.832. The molecule has 130 valence electrons. The van der Waals surface area contributed by atoms with Gasteiger partial charge in [0.15, 0.2) is 6.10 Å². The van der Waals surface area contributed by atoms with E-state index in [0.717, 1.165) is 0 Å². The fourth-order valence-electron chi connectivity index (χ4n) is 2.51. The van der Waals surface area contributed by atoms with Crippen LogP contribution in [-0.2, 0) is 9.59 Å². The molecular weight excluding hydrogens is 387 g/mol. The van der Waals surface area contributed by atoms with Crippen molar-refractivity contribution in [2.45, 2.75) is 13.0 Å². The number of ether oxygens (including phenoxy) is 1. The summed E-state index contributed by atoms with van der Waals surface area (Å²) in [6.45, 7) is 1.44. The van der Waals surface area contributed by atoms with Gasteiger partial charge in [-0.25, -0.2) is 0 Å². The first kappa shape index (κ1) is 17.9. The smallest absolute Gasteiger partial charge is 0.268 e. The average molecular weight is 400 g/mol. The first-order valence-corrected chi connectivity index (χ1v) is 8.50. The average Bonchev–Trinajstić information content (AvgIpc) is 2.51. The molecule has 1 unspecified atom stereocenters. The highest BCUT2D eigenvalue weighted by Crippen LogP contribution is 2.36. The fourth-order valence-corrected chi connectivity index (χ4v) is 3.21. The van der Waals surface area contributed by atoms with Crippen molar-refractivity contribution in [2.24, 2.45) is 0 Å². The number of carbonyl (C=O) groups is 2. The van der Waals surface area contributed by atoms with Gasteiger partial charge in [0.05, 0.1) is 5.69 Å². The van der Waals surface area contributed by atoms with Crippen molar-refractivity contribution in [2.75, 3.05) is 16.8 Å². The molecule has 2 amide bonds. The number of nitrogens with one attached hydrogen (secondary N) is 1. The molecule has 1 aliphatic heterocycles. The molecule has 0 fully saturated rings. The summed E-state index contributed by atoms with van der Waals surface area (Å²) in [5.74, 6) is -0.226. The molecule has 0 aliphatic carbocycles. The Bertz CT molecular complexity index is 837. The molecule has 5 nitrogen and oxygen atoms in total. The van der Waals surface area contributed by atoms with Gasteiger partial charge in [-0.3, -0.25) is 14.5 Å². The number of halogens is 3. The van der Waals surface area contributed by atoms with E-state index in [0.29, 0.717) is 32.2 Å². The third-order valence-electron chi connectivity index (χ3n) is 3.58. The molecule has 2 aromatic rings. The zero-order valence-corrected chi connectivity index (χ0v) is 15.3. The molecule has 0 saturated heterocycles. The van der Waals surface area contributed by atoms with Gasteiger partial charge in [0.1, 0.15) is 12.3 Å². The van der Waals surface area contributed by atoms with Crippen LogP contribution < -0.4 is 15.0 Å². The Kier molecular flexibility index (Phi) is 5.08. The van der Waals surface area contributed by atoms with Gasteiger partial charge in [-0.15, -0.1) is 0 Å². The summed E-state index contributed by atoms with van der Waals surface area (Å²) < 4.78 is 5.54. The Morgan fingerprint density at radius 3 is 2.48 bits per heavy atom. The highest BCUT2D eigenvalue weighted by Gasteiger charge is 2.32. The van der Waals surface area contributed by atoms with Gasteiger partial charge in [0.2, 0.25) is 5.91 Å². The zero-order valence-electron chi connectivity index (χ0n) is 13.1. The van der Waals surface area contributed by atoms with Crippen molar-refractivity contribution in [3.05, 3.63) is 51.5 Å². The van der Waals surface area contributed by atoms with E-state index >= 15 is 0 Å². The topological polar surface area (TPSA) is 58.6 Å². The molecule has 3 rings (SSSR count). The van der Waals surface area contributed by atoms with Crippen molar-refractivity contribution in [3.63, 3.8) is 0 Å². The highest BCUT2D eigenvalue weighted by atomic mass is 35.5. The van der Waals surface area contributed by atoms with Gasteiger partial charge in [0, 0.05) is 20.8 Å². The van der Waals surface area contributed by atoms with Crippen molar-refractivity contribution >= 4 is 58.0 Å². The summed E-state index contributed by atoms with van der Waals surface area (Å²) in [6.07, 6.45) is -0.693. The van der Waals surface area contributed by atoms with Crippen LogP contribution in [0.3, 0.4) is 0 Å². The Morgan fingerprint density at radius 2 is 1.80 bits per heavy atom. The van der Waals surface area contributed by atoms with Crippen LogP contribution in [0.4, 0.5) is 11.4 Å². The molecule has 25 heavy (non-hydrogen) atoms. The number of hydrogen-bond acceptors (Lipinski definition) is 3. The second kappa shape index (κ2) is 7.12. The van der Waals surface area contributed by atoms with Crippen molar-refractivity contribution < 1.29 is 14.3 Å². The normalized spacial score (nSPS) is 16.2. The van der Waals surface area contributed by atoms with E-state index < -0.39 is 12.0 Å². The summed E-state index contributed by atoms with van der Waals surface area (Å²) in [4.78, 5) is 26.2. The Morgan fingerprint density at radius 1 is 1.12 bits per heavy atom. The largest absolute Gasteiger partial charge is 0.479 e. The van der Waals surface area contributed by atoms with E-state index in [2.05, 4.69) is 5.32 Å². The van der Waals surface area contributed by atoms with E-state index in [4.69, 9.17) is 39.5 Å². The Balaban J connectivity index is 1.82. The first-order valence-electron chi connectivity index (χ1n) is 7.37. The molecular formula is C17H13Cl3N2O3. The van der Waals surface area contributed by atoms with Gasteiger partial charge in [-0.05, 0) is 43.3 Å². The third-order valence-corrected chi connectivity index (χ3v) is 4.25. The van der Waals surface area contributed by atoms with Crippen molar-refractivity contribution in [1.82, 2.24) is 0 Å². The number of carbonyl (C=O) groups excluding carboxylic acids is 2. The number of nitrogens with zero attached hydrogens (tertiary/aromatic N) is 1. The maximum absolute atomic E-state index is 12.4. The van der Waals surface area contributed by atoms with Crippen LogP contribution in [0.5, 0.6) is 5.75 Å². The molecule has 1 heterocycles. The van der Waals surface area contributed by atoms with E-state index in [9.17, 15) is 9.59 Å². The number of hydrogen-bond donors (Lipinski definition) is 1. The fraction of sp³-hybridized carbons (Fsp3) is 0.176. The summed E-state index contributed by atoms with van der Waals surface area (Å²) in [5.41, 5.74) is 0.900. The lowest BCUT2D eigenvalue weighted by Crippen LogP contribution is -2.47. The monoisotopic (exact) mass is 398 g/mol. The minimum atomic E-state index is -0.693. The van der Waals surface area contributed by atoms with Crippen LogP contribution in [0.25, 0.3) is 0 Å². The number of amides is 2. The number of anilines is 2. The molecule has 1 aliphatic rings. The highest BCUT2D eigenvalue weighted by molar-refractivity contribution is 6.35. The summed E-state index contributed by atoms with van der Waals surface area (Å²) in [6, 6.07) is 9.62. The van der Waals surface area contributed by atoms with Gasteiger partial charge < -0.3 is 10.1 Å². The summed E-state index contributed by atoms with van der Waals surface area (Å²) in [5, 5.41) is 3.92. The maximum atomic E-state index is 12.4. The minimum Gasteiger partial charge on any atom is -0.479 e. The molecule has 0 radical (unpaired) electrons. The molecule has 0 aromatic heterocycles. The first-order chi connectivity index (χ1) is 11.8. The number of benzene rings is 2. The minimum absolute atomic E-state index is 0.190. The van der Waals surface area contributed by atoms with Crippen molar-refractivity contribution in [3.8, 4) is 5.75 Å². The number of fused-ring (bicyclic) bond motifs is 1. The second-order valence-corrected chi connectivity index (χ2v) is 6.81. The van der Waals surface area contributed by atoms with Crippen LogP contribution in [0.15, 0.2) is 36.4 Å². The van der Waals surface area contributed by atoms with Gasteiger partial charge >= 0.3 is 0 Å². The molecule has 1 N–H and O–H groups in total. The molecule has 1 atom stereocenters. The standard InChI is InChI=1S/C17H13Cl3N2O3/c1-9-17(24)22(14-7-10(18)2-3-15(14)25-9)8-16(23)21-13-5-11(19)4-12(20)6-13/h2-7,9H,8H2,1H3,(H,21,23). The third kappa shape index (κ3) is 4.00. The van der Waals surface area contributed by atoms with E-state index in [1.165, 1.54) is 4.90 Å². The lowest BCUT2D eigenvalue weighted by Gasteiger charge is -2.32. The van der Waals surface area contributed by atoms with Gasteiger partial charge in [-0.2, -0.15) is 0 Å². The SMILES string of the molecule is CC1Oc2ccc(Cl)cc2N(CC(=O)Nc2cc(Cl)cc(Cl)c2)C1=O.